The van der Waals surface area contributed by atoms with Crippen molar-refractivity contribution in [2.24, 2.45) is 5.16 Å². The highest BCUT2D eigenvalue weighted by Crippen LogP contribution is 2.41. The molecule has 3 aromatic heterocycles. The highest BCUT2D eigenvalue weighted by Gasteiger charge is 2.54. The molecule has 2 atom stereocenters. The number of amides is 2. The predicted molar refractivity (Wildman–Crippen MR) is 138 cm³/mol. The van der Waals surface area contributed by atoms with Crippen molar-refractivity contribution in [1.29, 1.82) is 0 Å². The lowest BCUT2D eigenvalue weighted by Gasteiger charge is -2.49. The summed E-state index contributed by atoms with van der Waals surface area (Å²) < 4.78 is 1.85. The number of β-lactam (4-membered cyclic amide) rings is 1. The minimum absolute atomic E-state index is 0.0663. The maximum atomic E-state index is 13.0. The van der Waals surface area contributed by atoms with Crippen molar-refractivity contribution in [3.8, 4) is 0 Å². The topological polar surface area (TPSA) is 177 Å². The zero-order valence-electron chi connectivity index (χ0n) is 19.4. The molecule has 0 bridgehead atoms. The van der Waals surface area contributed by atoms with Crippen molar-refractivity contribution in [3.63, 3.8) is 0 Å². The number of imidazole rings is 1. The van der Waals surface area contributed by atoms with Gasteiger partial charge in [0, 0.05) is 35.0 Å². The normalized spacial score (nSPS) is 19.6. The molecule has 0 spiro atoms. The van der Waals surface area contributed by atoms with Gasteiger partial charge in [0.05, 0.1) is 0 Å². The number of aromatic nitrogens is 4. The van der Waals surface area contributed by atoms with Gasteiger partial charge in [-0.1, -0.05) is 5.16 Å². The summed E-state index contributed by atoms with van der Waals surface area (Å²) in [5, 5.41) is 18.2. The van der Waals surface area contributed by atoms with Crippen LogP contribution in [0.2, 0.25) is 0 Å². The van der Waals surface area contributed by atoms with Crippen LogP contribution in [-0.2, 0) is 19.2 Å². The fourth-order valence-corrected chi connectivity index (χ4v) is 6.95. The average molecular weight is 561 g/mol. The summed E-state index contributed by atoms with van der Waals surface area (Å²) in [5.41, 5.74) is 7.21. The number of nitrogens with zero attached hydrogens (tertiary/aromatic N) is 6. The number of rotatable bonds is 8. The molecule has 192 valence electrons. The molecule has 1 fully saturated rings. The van der Waals surface area contributed by atoms with Crippen molar-refractivity contribution in [3.05, 3.63) is 46.5 Å². The number of aliphatic carboxylic acids is 1. The standard InChI is InChI=1S/C21H20N8O5S3/c1-9-5-12(25-21-23-3-4-28(9)21)35-6-10-7-36-18-14(17(31)29(18)15(10)19(32)33)26-16(30)13(27-34-2)11-8-37-20(22)24-11/h3-5,8,14,18H,6-7H2,1-2H3,(H2,22,24)(H,26,30)(H,32,33)/b27-13-/t14-,18-/m1/s1. The third-order valence-corrected chi connectivity index (χ3v) is 8.65. The van der Waals surface area contributed by atoms with Crippen LogP contribution in [0.25, 0.3) is 5.78 Å². The van der Waals surface area contributed by atoms with Gasteiger partial charge < -0.3 is 21.0 Å². The molecule has 0 radical (unpaired) electrons. The maximum absolute atomic E-state index is 13.0. The summed E-state index contributed by atoms with van der Waals surface area (Å²) in [7, 11) is 1.28. The molecule has 4 N–H and O–H groups in total. The largest absolute Gasteiger partial charge is 0.477 e. The predicted octanol–water partition coefficient (Wildman–Crippen LogP) is 0.958. The smallest absolute Gasteiger partial charge is 0.352 e. The number of anilines is 1. The molecule has 13 nitrogen and oxygen atoms in total. The van der Waals surface area contributed by atoms with Gasteiger partial charge in [-0.25, -0.2) is 19.7 Å². The summed E-state index contributed by atoms with van der Waals surface area (Å²) >= 11 is 3.88. The van der Waals surface area contributed by atoms with Gasteiger partial charge in [0.25, 0.3) is 11.8 Å². The fourth-order valence-electron chi connectivity index (χ4n) is 3.96. The summed E-state index contributed by atoms with van der Waals surface area (Å²) in [6, 6.07) is 0.973. The minimum Gasteiger partial charge on any atom is -0.477 e. The number of nitrogens with one attached hydrogen (secondary N) is 1. The number of fused-ring (bicyclic) bond motifs is 2. The Morgan fingerprint density at radius 2 is 2.22 bits per heavy atom. The number of nitrogens with two attached hydrogens (primary N) is 1. The van der Waals surface area contributed by atoms with E-state index in [1.54, 1.807) is 11.6 Å². The first-order valence-electron chi connectivity index (χ1n) is 10.8. The molecule has 5 heterocycles. The molecule has 16 heteroatoms. The van der Waals surface area contributed by atoms with Crippen LogP contribution in [0.5, 0.6) is 0 Å². The van der Waals surface area contributed by atoms with Crippen molar-refractivity contribution < 1.29 is 24.3 Å². The zero-order valence-corrected chi connectivity index (χ0v) is 21.9. The van der Waals surface area contributed by atoms with E-state index in [0.29, 0.717) is 27.9 Å². The zero-order chi connectivity index (χ0) is 26.3. The van der Waals surface area contributed by atoms with Crippen molar-refractivity contribution in [1.82, 2.24) is 29.6 Å². The second kappa shape index (κ2) is 10.0. The molecule has 5 rings (SSSR count). The molecule has 2 aliphatic rings. The van der Waals surface area contributed by atoms with E-state index in [4.69, 9.17) is 10.6 Å². The number of aryl methyl sites for hydroxylation is 1. The Hall–Kier alpha value is -3.63. The number of thioether (sulfide) groups is 2. The monoisotopic (exact) mass is 560 g/mol. The summed E-state index contributed by atoms with van der Waals surface area (Å²) in [4.78, 5) is 56.8. The van der Waals surface area contributed by atoms with E-state index in [1.165, 1.54) is 35.5 Å². The lowest BCUT2D eigenvalue weighted by molar-refractivity contribution is -0.150. The van der Waals surface area contributed by atoms with E-state index in [9.17, 15) is 19.5 Å². The van der Waals surface area contributed by atoms with E-state index in [0.717, 1.165) is 17.0 Å². The average Bonchev–Trinajstić information content (AvgIpc) is 3.52. The van der Waals surface area contributed by atoms with E-state index in [2.05, 4.69) is 25.4 Å². The number of oxime groups is 1. The number of hydrogen-bond acceptors (Lipinski definition) is 12. The summed E-state index contributed by atoms with van der Waals surface area (Å²) in [6.45, 7) is 1.93. The first-order valence-corrected chi connectivity index (χ1v) is 13.7. The first-order chi connectivity index (χ1) is 17.8. The van der Waals surface area contributed by atoms with E-state index >= 15 is 0 Å². The molecule has 0 saturated carbocycles. The third kappa shape index (κ3) is 4.62. The molecule has 0 unspecified atom stereocenters. The Labute approximate surface area is 222 Å². The maximum Gasteiger partial charge on any atom is 0.352 e. The Balaban J connectivity index is 1.32. The number of nitrogen functional groups attached to an aromatic ring is 1. The van der Waals surface area contributed by atoms with Crippen LogP contribution in [-0.4, -0.2) is 82.9 Å². The number of carboxylic acid groups (broad SMARTS) is 1. The summed E-state index contributed by atoms with van der Waals surface area (Å²) in [6.07, 6.45) is 3.48. The Morgan fingerprint density at radius 1 is 1.41 bits per heavy atom. The molecule has 1 saturated heterocycles. The lowest BCUT2D eigenvalue weighted by atomic mass is 10.0. The number of carbonyl (C=O) groups excluding carboxylic acids is 2. The van der Waals surface area contributed by atoms with Gasteiger partial charge in [0.2, 0.25) is 5.78 Å². The Kier molecular flexibility index (Phi) is 6.78. The van der Waals surface area contributed by atoms with E-state index in [1.807, 2.05) is 23.6 Å². The molecular formula is C21H20N8O5S3. The number of carboxylic acids is 1. The summed E-state index contributed by atoms with van der Waals surface area (Å²) in [5.74, 6) is -1.13. The highest BCUT2D eigenvalue weighted by molar-refractivity contribution is 8.01. The second-order valence-corrected chi connectivity index (χ2v) is 10.9. The van der Waals surface area contributed by atoms with Gasteiger partial charge in [0.1, 0.15) is 34.9 Å². The van der Waals surface area contributed by atoms with Gasteiger partial charge in [-0.3, -0.25) is 18.9 Å². The van der Waals surface area contributed by atoms with Crippen LogP contribution < -0.4 is 11.1 Å². The highest BCUT2D eigenvalue weighted by atomic mass is 32.2. The second-order valence-electron chi connectivity index (χ2n) is 7.93. The van der Waals surface area contributed by atoms with Gasteiger partial charge in [0.15, 0.2) is 10.8 Å². The van der Waals surface area contributed by atoms with Crippen molar-refractivity contribution in [2.75, 3.05) is 24.3 Å². The molecule has 0 aromatic carbocycles. The van der Waals surface area contributed by atoms with Crippen LogP contribution in [0.1, 0.15) is 11.4 Å². The van der Waals surface area contributed by atoms with Gasteiger partial charge in [-0.15, -0.1) is 34.9 Å². The van der Waals surface area contributed by atoms with Gasteiger partial charge in [-0.05, 0) is 18.6 Å². The van der Waals surface area contributed by atoms with Crippen molar-refractivity contribution >= 4 is 69.3 Å². The molecule has 2 amide bonds. The quantitative estimate of drug-likeness (QED) is 0.117. The van der Waals surface area contributed by atoms with Crippen LogP contribution in [0.15, 0.2) is 45.3 Å². The van der Waals surface area contributed by atoms with Crippen LogP contribution in [0, 0.1) is 6.92 Å². The third-order valence-electron chi connectivity index (χ3n) is 5.64. The number of thiazole rings is 1. The Morgan fingerprint density at radius 3 is 2.92 bits per heavy atom. The van der Waals surface area contributed by atoms with Gasteiger partial charge in [-0.2, -0.15) is 0 Å². The number of hydrogen-bond donors (Lipinski definition) is 3. The SMILES string of the molecule is CO/N=C(\C(=O)N[C@@H]1C(=O)N2C(C(=O)O)=C(CSc3cc(C)n4ccnc4n3)CS[C@H]12)c1csc(N)n1. The van der Waals surface area contributed by atoms with Crippen LogP contribution >= 0.6 is 34.9 Å². The lowest BCUT2D eigenvalue weighted by Crippen LogP contribution is -2.71. The van der Waals surface area contributed by atoms with Crippen LogP contribution in [0.3, 0.4) is 0 Å². The van der Waals surface area contributed by atoms with E-state index in [-0.39, 0.29) is 22.2 Å². The molecular weight excluding hydrogens is 540 g/mol. The minimum atomic E-state index is -1.20. The van der Waals surface area contributed by atoms with Crippen LogP contribution in [0.4, 0.5) is 5.13 Å². The van der Waals surface area contributed by atoms with Crippen molar-refractivity contribution in [2.45, 2.75) is 23.4 Å². The first kappa shape index (κ1) is 25.0. The molecule has 3 aromatic rings. The number of carbonyl (C=O) groups is 3. The fraction of sp³-hybridized carbons (Fsp3) is 0.286. The molecule has 2 aliphatic heterocycles. The molecule has 0 aliphatic carbocycles. The molecule has 37 heavy (non-hydrogen) atoms. The van der Waals surface area contributed by atoms with Gasteiger partial charge >= 0.3 is 5.97 Å². The Bertz CT molecular complexity index is 1480. The van der Waals surface area contributed by atoms with E-state index < -0.39 is 29.2 Å².